The highest BCUT2D eigenvalue weighted by Crippen LogP contribution is 2.18. The molecular formula is C9H15N3O. The smallest absolute Gasteiger partial charge is 0.173 e. The topological polar surface area (TPSA) is 64.1 Å². The van der Waals surface area contributed by atoms with Gasteiger partial charge in [-0.2, -0.15) is 0 Å². The first-order valence-corrected chi connectivity index (χ1v) is 4.78. The Hall–Kier alpha value is -1.03. The van der Waals surface area contributed by atoms with Crippen molar-refractivity contribution in [3.63, 3.8) is 0 Å². The molecule has 0 saturated heterocycles. The number of nitrogens with zero attached hydrogens (tertiary/aromatic N) is 1. The molecule has 1 aromatic rings. The van der Waals surface area contributed by atoms with Crippen LogP contribution in [0.3, 0.4) is 0 Å². The number of nitrogen functional groups attached to an aromatic ring is 1. The Morgan fingerprint density at radius 3 is 2.92 bits per heavy atom. The van der Waals surface area contributed by atoms with Crippen molar-refractivity contribution in [2.45, 2.75) is 38.3 Å². The monoisotopic (exact) mass is 181 g/mol. The van der Waals surface area contributed by atoms with Crippen molar-refractivity contribution in [2.24, 2.45) is 0 Å². The van der Waals surface area contributed by atoms with Crippen LogP contribution in [0.2, 0.25) is 0 Å². The third-order valence-corrected chi connectivity index (χ3v) is 2.58. The lowest BCUT2D eigenvalue weighted by atomic mass is 10.2. The fourth-order valence-electron chi connectivity index (χ4n) is 1.77. The van der Waals surface area contributed by atoms with Gasteiger partial charge in [0.15, 0.2) is 5.76 Å². The molecule has 1 heterocycles. The van der Waals surface area contributed by atoms with E-state index in [1.54, 1.807) is 6.20 Å². The van der Waals surface area contributed by atoms with Gasteiger partial charge in [-0.15, -0.1) is 0 Å². The number of rotatable bonds is 3. The van der Waals surface area contributed by atoms with Gasteiger partial charge in [-0.05, 0) is 12.8 Å². The normalized spacial score (nSPS) is 18.2. The first kappa shape index (κ1) is 8.56. The molecule has 0 spiro atoms. The minimum Gasteiger partial charge on any atom is -0.395 e. The van der Waals surface area contributed by atoms with Crippen LogP contribution in [0.1, 0.15) is 31.4 Å². The largest absolute Gasteiger partial charge is 0.395 e. The van der Waals surface area contributed by atoms with Gasteiger partial charge in [0.2, 0.25) is 0 Å². The van der Waals surface area contributed by atoms with Gasteiger partial charge < -0.3 is 15.6 Å². The minimum atomic E-state index is 0.643. The molecule has 72 valence electrons. The molecule has 0 aromatic carbocycles. The molecule has 1 saturated carbocycles. The second-order valence-electron chi connectivity index (χ2n) is 3.57. The second kappa shape index (κ2) is 3.79. The Kier molecular flexibility index (Phi) is 2.49. The van der Waals surface area contributed by atoms with Gasteiger partial charge >= 0.3 is 0 Å². The van der Waals surface area contributed by atoms with Gasteiger partial charge in [-0.3, -0.25) is 0 Å². The zero-order valence-corrected chi connectivity index (χ0v) is 7.62. The summed E-state index contributed by atoms with van der Waals surface area (Å²) < 4.78 is 4.99. The van der Waals surface area contributed by atoms with Crippen molar-refractivity contribution in [1.82, 2.24) is 10.5 Å². The van der Waals surface area contributed by atoms with Gasteiger partial charge in [-0.1, -0.05) is 18.0 Å². The van der Waals surface area contributed by atoms with E-state index < -0.39 is 0 Å². The van der Waals surface area contributed by atoms with Gasteiger partial charge in [0.1, 0.15) is 0 Å². The van der Waals surface area contributed by atoms with Crippen LogP contribution in [0.25, 0.3) is 0 Å². The molecule has 1 aliphatic carbocycles. The molecule has 0 aliphatic heterocycles. The Bertz CT molecular complexity index is 266. The summed E-state index contributed by atoms with van der Waals surface area (Å²) in [6.07, 6.45) is 6.76. The van der Waals surface area contributed by atoms with Crippen LogP contribution in [0.4, 0.5) is 5.69 Å². The molecular weight excluding hydrogens is 166 g/mol. The van der Waals surface area contributed by atoms with E-state index in [-0.39, 0.29) is 0 Å². The zero-order chi connectivity index (χ0) is 9.10. The minimum absolute atomic E-state index is 0.643. The lowest BCUT2D eigenvalue weighted by molar-refractivity contribution is 0.363. The molecule has 13 heavy (non-hydrogen) atoms. The van der Waals surface area contributed by atoms with Crippen molar-refractivity contribution in [2.75, 3.05) is 5.73 Å². The summed E-state index contributed by atoms with van der Waals surface area (Å²) in [6, 6.07) is 0.643. The van der Waals surface area contributed by atoms with Crippen LogP contribution in [0.15, 0.2) is 10.7 Å². The summed E-state index contributed by atoms with van der Waals surface area (Å²) in [5.41, 5.74) is 6.27. The maximum Gasteiger partial charge on any atom is 0.173 e. The van der Waals surface area contributed by atoms with Crippen LogP contribution < -0.4 is 11.1 Å². The Morgan fingerprint density at radius 1 is 1.54 bits per heavy atom. The summed E-state index contributed by atoms with van der Waals surface area (Å²) in [6.45, 7) is 0.705. The number of nitrogens with one attached hydrogen (secondary N) is 1. The van der Waals surface area contributed by atoms with Crippen molar-refractivity contribution in [3.8, 4) is 0 Å². The zero-order valence-electron chi connectivity index (χ0n) is 7.62. The molecule has 0 radical (unpaired) electrons. The molecule has 1 aromatic heterocycles. The maximum absolute atomic E-state index is 5.63. The van der Waals surface area contributed by atoms with E-state index in [9.17, 15) is 0 Å². The number of anilines is 1. The SMILES string of the molecule is Nc1cnoc1CNC1CCCC1. The number of hydrogen-bond donors (Lipinski definition) is 2. The van der Waals surface area contributed by atoms with E-state index in [2.05, 4.69) is 10.5 Å². The molecule has 0 amide bonds. The van der Waals surface area contributed by atoms with Crippen molar-refractivity contribution in [1.29, 1.82) is 0 Å². The highest BCUT2D eigenvalue weighted by atomic mass is 16.5. The van der Waals surface area contributed by atoms with Crippen LogP contribution in [0, 0.1) is 0 Å². The van der Waals surface area contributed by atoms with Gasteiger partial charge in [-0.25, -0.2) is 0 Å². The highest BCUT2D eigenvalue weighted by molar-refractivity contribution is 5.37. The molecule has 1 fully saturated rings. The first-order chi connectivity index (χ1) is 6.36. The highest BCUT2D eigenvalue weighted by Gasteiger charge is 2.15. The van der Waals surface area contributed by atoms with Crippen molar-refractivity contribution < 1.29 is 4.52 Å². The summed E-state index contributed by atoms with van der Waals surface area (Å²) >= 11 is 0. The Balaban J connectivity index is 1.82. The van der Waals surface area contributed by atoms with Crippen LogP contribution in [0.5, 0.6) is 0 Å². The number of aromatic nitrogens is 1. The fraction of sp³-hybridized carbons (Fsp3) is 0.667. The second-order valence-corrected chi connectivity index (χ2v) is 3.57. The van der Waals surface area contributed by atoms with Gasteiger partial charge in [0.05, 0.1) is 18.4 Å². The fourth-order valence-corrected chi connectivity index (χ4v) is 1.77. The number of nitrogens with two attached hydrogens (primary N) is 1. The van der Waals surface area contributed by atoms with Crippen LogP contribution >= 0.6 is 0 Å². The molecule has 0 atom stereocenters. The average Bonchev–Trinajstić information content (AvgIpc) is 2.72. The molecule has 4 nitrogen and oxygen atoms in total. The summed E-state index contributed by atoms with van der Waals surface area (Å²) in [7, 11) is 0. The Morgan fingerprint density at radius 2 is 2.31 bits per heavy atom. The predicted molar refractivity (Wildman–Crippen MR) is 50.0 cm³/mol. The van der Waals surface area contributed by atoms with E-state index in [0.29, 0.717) is 18.3 Å². The molecule has 0 unspecified atom stereocenters. The quantitative estimate of drug-likeness (QED) is 0.737. The van der Waals surface area contributed by atoms with Gasteiger partial charge in [0.25, 0.3) is 0 Å². The van der Waals surface area contributed by atoms with E-state index in [1.807, 2.05) is 0 Å². The lowest BCUT2D eigenvalue weighted by Crippen LogP contribution is -2.25. The third kappa shape index (κ3) is 2.01. The summed E-state index contributed by atoms with van der Waals surface area (Å²) in [5, 5.41) is 7.04. The Labute approximate surface area is 77.5 Å². The maximum atomic E-state index is 5.63. The van der Waals surface area contributed by atoms with Crippen LogP contribution in [-0.4, -0.2) is 11.2 Å². The molecule has 3 N–H and O–H groups in total. The van der Waals surface area contributed by atoms with E-state index in [0.717, 1.165) is 5.76 Å². The summed E-state index contributed by atoms with van der Waals surface area (Å²) in [5.74, 6) is 0.756. The van der Waals surface area contributed by atoms with E-state index in [1.165, 1.54) is 25.7 Å². The molecule has 1 aliphatic rings. The van der Waals surface area contributed by atoms with E-state index >= 15 is 0 Å². The number of hydrogen-bond acceptors (Lipinski definition) is 4. The standard InChI is InChI=1S/C9H15N3O/c10-8-5-12-13-9(8)6-11-7-3-1-2-4-7/h5,7,11H,1-4,6,10H2. The average molecular weight is 181 g/mol. The van der Waals surface area contributed by atoms with Crippen molar-refractivity contribution in [3.05, 3.63) is 12.0 Å². The van der Waals surface area contributed by atoms with Crippen molar-refractivity contribution >= 4 is 5.69 Å². The summed E-state index contributed by atoms with van der Waals surface area (Å²) in [4.78, 5) is 0. The lowest BCUT2D eigenvalue weighted by Gasteiger charge is -2.09. The molecule has 0 bridgehead atoms. The van der Waals surface area contributed by atoms with Gasteiger partial charge in [0, 0.05) is 6.04 Å². The van der Waals surface area contributed by atoms with Crippen LogP contribution in [-0.2, 0) is 6.54 Å². The van der Waals surface area contributed by atoms with E-state index in [4.69, 9.17) is 10.3 Å². The predicted octanol–water partition coefficient (Wildman–Crippen LogP) is 1.29. The first-order valence-electron chi connectivity index (χ1n) is 4.78. The molecule has 2 rings (SSSR count). The molecule has 4 heteroatoms. The third-order valence-electron chi connectivity index (χ3n) is 2.58.